The number of thiophene rings is 2. The molecule has 3 aromatic rings. The first kappa shape index (κ1) is 23.7. The minimum Gasteiger partial charge on any atom is -0.459 e. The van der Waals surface area contributed by atoms with Crippen molar-refractivity contribution in [2.75, 3.05) is 13.7 Å². The predicted octanol–water partition coefficient (Wildman–Crippen LogP) is 4.42. The number of ether oxygens (including phenoxy) is 1. The highest BCUT2D eigenvalue weighted by Crippen LogP contribution is 2.49. The van der Waals surface area contributed by atoms with Gasteiger partial charge in [-0.3, -0.25) is 4.90 Å². The zero-order chi connectivity index (χ0) is 23.7. The molecule has 0 amide bonds. The zero-order valence-corrected chi connectivity index (χ0v) is 20.9. The molecule has 4 unspecified atom stereocenters. The van der Waals surface area contributed by atoms with Gasteiger partial charge in [-0.25, -0.2) is 4.79 Å². The van der Waals surface area contributed by atoms with Crippen LogP contribution in [0.25, 0.3) is 0 Å². The Labute approximate surface area is 208 Å². The molecule has 180 valence electrons. The summed E-state index contributed by atoms with van der Waals surface area (Å²) >= 11 is 2.75. The molecule has 1 aromatic carbocycles. The first-order chi connectivity index (χ1) is 16.5. The van der Waals surface area contributed by atoms with E-state index in [1.54, 1.807) is 12.1 Å². The SMILES string of the molecule is CN(Cc1cccc(CCO)c1)C1CC2CCC1C2OC(=O)C(O)(c1cccs1)c1cccs1. The molecule has 0 spiro atoms. The second kappa shape index (κ2) is 9.91. The Balaban J connectivity index is 1.30. The molecule has 0 aliphatic heterocycles. The lowest BCUT2D eigenvalue weighted by Gasteiger charge is -2.32. The van der Waals surface area contributed by atoms with Crippen molar-refractivity contribution in [3.63, 3.8) is 0 Å². The van der Waals surface area contributed by atoms with Gasteiger partial charge in [0.1, 0.15) is 6.10 Å². The van der Waals surface area contributed by atoms with Crippen LogP contribution in [0.4, 0.5) is 0 Å². The molecule has 2 aliphatic rings. The molecule has 2 saturated carbocycles. The summed E-state index contributed by atoms with van der Waals surface area (Å²) in [6.07, 6.45) is 3.62. The van der Waals surface area contributed by atoms with Crippen molar-refractivity contribution in [3.05, 3.63) is 80.2 Å². The van der Waals surface area contributed by atoms with Gasteiger partial charge in [0.25, 0.3) is 0 Å². The maximum Gasteiger partial charge on any atom is 0.349 e. The topological polar surface area (TPSA) is 70.0 Å². The van der Waals surface area contributed by atoms with Crippen molar-refractivity contribution in [2.24, 2.45) is 11.8 Å². The molecule has 2 fully saturated rings. The highest BCUT2D eigenvalue weighted by Gasteiger charge is 2.54. The molecule has 5 rings (SSSR count). The van der Waals surface area contributed by atoms with Crippen LogP contribution in [0, 0.1) is 11.8 Å². The first-order valence-electron chi connectivity index (χ1n) is 11.9. The summed E-state index contributed by atoms with van der Waals surface area (Å²) in [7, 11) is 2.15. The molecular formula is C27H31NO4S2. The van der Waals surface area contributed by atoms with E-state index in [4.69, 9.17) is 4.74 Å². The normalized spacial score (nSPS) is 24.1. The average molecular weight is 498 g/mol. The highest BCUT2D eigenvalue weighted by atomic mass is 32.1. The molecule has 5 nitrogen and oxygen atoms in total. The maximum absolute atomic E-state index is 13.5. The van der Waals surface area contributed by atoms with Crippen LogP contribution in [0.1, 0.15) is 40.1 Å². The van der Waals surface area contributed by atoms with Gasteiger partial charge in [0.05, 0.1) is 9.75 Å². The minimum atomic E-state index is -1.75. The smallest absolute Gasteiger partial charge is 0.349 e. The van der Waals surface area contributed by atoms with Crippen molar-refractivity contribution >= 4 is 28.6 Å². The van der Waals surface area contributed by atoms with Crippen molar-refractivity contribution < 1.29 is 19.7 Å². The van der Waals surface area contributed by atoms with E-state index in [-0.39, 0.29) is 18.6 Å². The third kappa shape index (κ3) is 4.36. The van der Waals surface area contributed by atoms with E-state index in [0.717, 1.165) is 31.4 Å². The van der Waals surface area contributed by atoms with Crippen LogP contribution < -0.4 is 0 Å². The molecule has 2 aromatic heterocycles. The number of aliphatic hydroxyl groups excluding tert-OH is 1. The number of hydrogen-bond acceptors (Lipinski definition) is 7. The van der Waals surface area contributed by atoms with E-state index in [2.05, 4.69) is 36.2 Å². The van der Waals surface area contributed by atoms with Gasteiger partial charge in [0, 0.05) is 25.1 Å². The number of esters is 1. The van der Waals surface area contributed by atoms with Gasteiger partial charge in [-0.05, 0) is 72.7 Å². The van der Waals surface area contributed by atoms with Gasteiger partial charge >= 0.3 is 5.97 Å². The van der Waals surface area contributed by atoms with Crippen LogP contribution in [0.15, 0.2) is 59.3 Å². The standard InChI is InChI=1S/C27H31NO4S2/c1-28(17-19-6-2-5-18(15-19)11-12-29)22-16-20-9-10-21(22)25(20)32-26(30)27(31,23-7-3-13-33-23)24-8-4-14-34-24/h2-8,13-15,20-22,25,29,31H,9-12,16-17H2,1H3. The van der Waals surface area contributed by atoms with E-state index < -0.39 is 11.6 Å². The summed E-state index contributed by atoms with van der Waals surface area (Å²) in [5, 5.41) is 24.6. The van der Waals surface area contributed by atoms with Crippen molar-refractivity contribution in [3.8, 4) is 0 Å². The van der Waals surface area contributed by atoms with E-state index in [1.165, 1.54) is 28.2 Å². The number of aliphatic hydroxyl groups is 2. The summed E-state index contributed by atoms with van der Waals surface area (Å²) in [6, 6.07) is 16.0. The Kier molecular flexibility index (Phi) is 6.91. The molecule has 2 bridgehead atoms. The maximum atomic E-state index is 13.5. The summed E-state index contributed by atoms with van der Waals surface area (Å²) in [6.45, 7) is 0.976. The number of fused-ring (bicyclic) bond motifs is 2. The van der Waals surface area contributed by atoms with Crippen LogP contribution >= 0.6 is 22.7 Å². The fourth-order valence-corrected chi connectivity index (χ4v) is 7.56. The Morgan fingerprint density at radius 1 is 1.09 bits per heavy atom. The Morgan fingerprint density at radius 3 is 2.44 bits per heavy atom. The van der Waals surface area contributed by atoms with Gasteiger partial charge < -0.3 is 14.9 Å². The summed E-state index contributed by atoms with van der Waals surface area (Å²) in [4.78, 5) is 17.1. The summed E-state index contributed by atoms with van der Waals surface area (Å²) < 4.78 is 6.16. The monoisotopic (exact) mass is 497 g/mol. The van der Waals surface area contributed by atoms with Crippen molar-refractivity contribution in [1.29, 1.82) is 0 Å². The van der Waals surface area contributed by atoms with E-state index in [0.29, 0.717) is 28.1 Å². The molecular weight excluding hydrogens is 466 g/mol. The lowest BCUT2D eigenvalue weighted by molar-refractivity contribution is -0.170. The second-order valence-electron chi connectivity index (χ2n) is 9.55. The second-order valence-corrected chi connectivity index (χ2v) is 11.4. The molecule has 2 heterocycles. The third-order valence-corrected chi connectivity index (χ3v) is 9.44. The molecule has 2 aliphatic carbocycles. The van der Waals surface area contributed by atoms with Crippen LogP contribution in [-0.4, -0.2) is 46.9 Å². The quantitative estimate of drug-likeness (QED) is 0.428. The first-order valence-corrected chi connectivity index (χ1v) is 13.7. The fraction of sp³-hybridized carbons (Fsp3) is 0.444. The number of hydrogen-bond donors (Lipinski definition) is 2. The Morgan fingerprint density at radius 2 is 1.79 bits per heavy atom. The van der Waals surface area contributed by atoms with Crippen LogP contribution in [0.2, 0.25) is 0 Å². The third-order valence-electron chi connectivity index (χ3n) is 7.48. The average Bonchev–Trinajstić information content (AvgIpc) is 3.65. The molecule has 0 radical (unpaired) electrons. The van der Waals surface area contributed by atoms with Gasteiger partial charge in [0.15, 0.2) is 0 Å². The summed E-state index contributed by atoms with van der Waals surface area (Å²) in [5.74, 6) is 0.0489. The number of carbonyl (C=O) groups is 1. The van der Waals surface area contributed by atoms with Gasteiger partial charge in [0.2, 0.25) is 5.60 Å². The van der Waals surface area contributed by atoms with Gasteiger partial charge in [-0.2, -0.15) is 0 Å². The highest BCUT2D eigenvalue weighted by molar-refractivity contribution is 7.12. The van der Waals surface area contributed by atoms with Crippen LogP contribution in [0.5, 0.6) is 0 Å². The summed E-state index contributed by atoms with van der Waals surface area (Å²) in [5.41, 5.74) is 0.628. The number of rotatable bonds is 9. The molecule has 34 heavy (non-hydrogen) atoms. The lowest BCUT2D eigenvalue weighted by atomic mass is 9.94. The predicted molar refractivity (Wildman–Crippen MR) is 135 cm³/mol. The van der Waals surface area contributed by atoms with E-state index in [9.17, 15) is 15.0 Å². The minimum absolute atomic E-state index is 0.155. The Bertz CT molecular complexity index is 1060. The molecule has 0 saturated heterocycles. The number of nitrogens with zero attached hydrogens (tertiary/aromatic N) is 1. The molecule has 2 N–H and O–H groups in total. The largest absolute Gasteiger partial charge is 0.459 e. The molecule has 7 heteroatoms. The van der Waals surface area contributed by atoms with E-state index in [1.807, 2.05) is 22.9 Å². The lowest BCUT2D eigenvalue weighted by Crippen LogP contribution is -2.41. The Hall–Kier alpha value is -2.03. The zero-order valence-electron chi connectivity index (χ0n) is 19.3. The molecule has 4 atom stereocenters. The fourth-order valence-electron chi connectivity index (χ4n) is 5.84. The van der Waals surface area contributed by atoms with Crippen molar-refractivity contribution in [2.45, 2.75) is 50.0 Å². The van der Waals surface area contributed by atoms with E-state index >= 15 is 0 Å². The van der Waals surface area contributed by atoms with Crippen molar-refractivity contribution in [1.82, 2.24) is 4.90 Å². The van der Waals surface area contributed by atoms with Crippen LogP contribution in [0.3, 0.4) is 0 Å². The van der Waals surface area contributed by atoms with Gasteiger partial charge in [-0.1, -0.05) is 36.4 Å². The van der Waals surface area contributed by atoms with Crippen LogP contribution in [-0.2, 0) is 28.1 Å². The number of carbonyl (C=O) groups excluding carboxylic acids is 1. The number of benzene rings is 1. The van der Waals surface area contributed by atoms with Gasteiger partial charge in [-0.15, -0.1) is 22.7 Å².